The van der Waals surface area contributed by atoms with E-state index < -0.39 is 64.7 Å². The van der Waals surface area contributed by atoms with Gasteiger partial charge in [-0.05, 0) is 0 Å². The van der Waals surface area contributed by atoms with Crippen molar-refractivity contribution >= 4 is 23.8 Å². The summed E-state index contributed by atoms with van der Waals surface area (Å²) in [6.07, 6.45) is 0. The fourth-order valence-electron chi connectivity index (χ4n) is 2.48. The Balaban J connectivity index is 3.28. The summed E-state index contributed by atoms with van der Waals surface area (Å²) in [5.74, 6) is -11.9. The number of esters is 3. The quantitative estimate of drug-likeness (QED) is 0.409. The summed E-state index contributed by atoms with van der Waals surface area (Å²) in [4.78, 5) is 48.2. The molecule has 0 saturated carbocycles. The van der Waals surface area contributed by atoms with Crippen LogP contribution in [0.4, 0.5) is 13.2 Å². The summed E-state index contributed by atoms with van der Waals surface area (Å²) in [6, 6.07) is -1.13. The molecule has 1 N–H and O–H groups in total. The van der Waals surface area contributed by atoms with Gasteiger partial charge in [0.15, 0.2) is 5.92 Å². The smallest absolute Gasteiger partial charge is 0.328 e. The minimum atomic E-state index is -1.69. The Morgan fingerprint density at radius 1 is 0.857 bits per heavy atom. The lowest BCUT2D eigenvalue weighted by Crippen LogP contribution is -2.51. The standard InChI is InChI=1S/C17H18F3NO7/c1-7(11(15(23)26-2)16(24)27-3)13(17(25)28-4)21-14(22)12-9(19)5-8(18)6-10(12)20/h5-7,11,13H,1-4H3,(H,21,22)/t7-,13+/m1/s1. The van der Waals surface area contributed by atoms with Crippen molar-refractivity contribution in [1.29, 1.82) is 0 Å². The number of nitrogens with one attached hydrogen (secondary N) is 1. The van der Waals surface area contributed by atoms with Crippen molar-refractivity contribution < 1.29 is 46.6 Å². The molecule has 11 heteroatoms. The summed E-state index contributed by atoms with van der Waals surface area (Å²) in [5.41, 5.74) is -1.16. The molecule has 0 saturated heterocycles. The van der Waals surface area contributed by atoms with E-state index in [1.807, 2.05) is 5.32 Å². The molecule has 0 fully saturated rings. The second-order valence-corrected chi connectivity index (χ2v) is 5.60. The highest BCUT2D eigenvalue weighted by Gasteiger charge is 2.42. The predicted molar refractivity (Wildman–Crippen MR) is 86.3 cm³/mol. The molecule has 1 rings (SSSR count). The fourth-order valence-corrected chi connectivity index (χ4v) is 2.48. The predicted octanol–water partition coefficient (Wildman–Crippen LogP) is 0.974. The molecule has 0 aliphatic rings. The SMILES string of the molecule is COC(=O)C(C(=O)OC)[C@@H](C)[C@H](NC(=O)c1c(F)cc(F)cc1F)C(=O)OC. The number of hydrogen-bond acceptors (Lipinski definition) is 7. The van der Waals surface area contributed by atoms with E-state index in [9.17, 15) is 32.3 Å². The van der Waals surface area contributed by atoms with Crippen molar-refractivity contribution in [3.8, 4) is 0 Å². The van der Waals surface area contributed by atoms with Gasteiger partial charge in [-0.15, -0.1) is 0 Å². The second-order valence-electron chi connectivity index (χ2n) is 5.60. The number of amides is 1. The first kappa shape index (κ1) is 22.9. The zero-order chi connectivity index (χ0) is 21.6. The van der Waals surface area contributed by atoms with Crippen LogP contribution in [0.25, 0.3) is 0 Å². The van der Waals surface area contributed by atoms with Gasteiger partial charge in [-0.1, -0.05) is 6.92 Å². The molecule has 8 nitrogen and oxygen atoms in total. The highest BCUT2D eigenvalue weighted by Crippen LogP contribution is 2.22. The number of carbonyl (C=O) groups excluding carboxylic acids is 4. The average Bonchev–Trinajstić information content (AvgIpc) is 2.64. The third-order valence-corrected chi connectivity index (χ3v) is 3.94. The molecule has 28 heavy (non-hydrogen) atoms. The first-order valence-corrected chi connectivity index (χ1v) is 7.77. The number of halogens is 3. The van der Waals surface area contributed by atoms with Crippen molar-refractivity contribution in [1.82, 2.24) is 5.32 Å². The minimum Gasteiger partial charge on any atom is -0.468 e. The molecule has 1 amide bonds. The molecule has 1 aromatic carbocycles. The van der Waals surface area contributed by atoms with Crippen molar-refractivity contribution in [2.75, 3.05) is 21.3 Å². The minimum absolute atomic E-state index is 0.278. The summed E-state index contributed by atoms with van der Waals surface area (Å²) in [5, 5.41) is 1.99. The second kappa shape index (κ2) is 9.72. The molecule has 0 heterocycles. The van der Waals surface area contributed by atoms with Crippen LogP contribution >= 0.6 is 0 Å². The Morgan fingerprint density at radius 3 is 1.68 bits per heavy atom. The molecular weight excluding hydrogens is 387 g/mol. The van der Waals surface area contributed by atoms with Gasteiger partial charge in [0, 0.05) is 18.1 Å². The van der Waals surface area contributed by atoms with Crippen LogP contribution in [0.5, 0.6) is 0 Å². The van der Waals surface area contributed by atoms with Crippen molar-refractivity contribution in [2.24, 2.45) is 11.8 Å². The number of rotatable bonds is 7. The van der Waals surface area contributed by atoms with E-state index in [2.05, 4.69) is 14.2 Å². The first-order chi connectivity index (χ1) is 13.1. The lowest BCUT2D eigenvalue weighted by atomic mass is 9.87. The number of hydrogen-bond donors (Lipinski definition) is 1. The van der Waals surface area contributed by atoms with Crippen LogP contribution in [-0.4, -0.2) is 51.2 Å². The van der Waals surface area contributed by atoms with Crippen LogP contribution in [0.1, 0.15) is 17.3 Å². The Kier molecular flexibility index (Phi) is 7.96. The van der Waals surface area contributed by atoms with Crippen LogP contribution in [0, 0.1) is 29.3 Å². The van der Waals surface area contributed by atoms with Crippen LogP contribution in [-0.2, 0) is 28.6 Å². The Labute approximate surface area is 157 Å². The average molecular weight is 405 g/mol. The highest BCUT2D eigenvalue weighted by molar-refractivity contribution is 5.99. The largest absolute Gasteiger partial charge is 0.468 e. The Bertz CT molecular complexity index is 745. The van der Waals surface area contributed by atoms with Gasteiger partial charge < -0.3 is 19.5 Å². The molecule has 0 aromatic heterocycles. The van der Waals surface area contributed by atoms with Gasteiger partial charge >= 0.3 is 17.9 Å². The molecule has 0 aliphatic heterocycles. The van der Waals surface area contributed by atoms with Crippen molar-refractivity contribution in [3.05, 3.63) is 35.1 Å². The number of methoxy groups -OCH3 is 3. The monoisotopic (exact) mass is 405 g/mol. The third-order valence-electron chi connectivity index (χ3n) is 3.94. The molecule has 0 spiro atoms. The normalized spacial score (nSPS) is 12.7. The van der Waals surface area contributed by atoms with E-state index in [0.29, 0.717) is 0 Å². The third kappa shape index (κ3) is 4.99. The summed E-state index contributed by atoms with van der Waals surface area (Å²) < 4.78 is 54.2. The number of benzene rings is 1. The van der Waals surface area contributed by atoms with E-state index in [-0.39, 0.29) is 12.1 Å². The van der Waals surface area contributed by atoms with E-state index >= 15 is 0 Å². The summed E-state index contributed by atoms with van der Waals surface area (Å²) in [6.45, 7) is 1.22. The molecule has 1 aromatic rings. The van der Waals surface area contributed by atoms with Gasteiger partial charge in [-0.3, -0.25) is 14.4 Å². The molecule has 0 aliphatic carbocycles. The van der Waals surface area contributed by atoms with Gasteiger partial charge in [0.05, 0.1) is 21.3 Å². The Morgan fingerprint density at radius 2 is 1.29 bits per heavy atom. The van der Waals surface area contributed by atoms with E-state index in [0.717, 1.165) is 21.3 Å². The number of ether oxygens (including phenoxy) is 3. The zero-order valence-electron chi connectivity index (χ0n) is 15.4. The maximum atomic E-state index is 13.8. The van der Waals surface area contributed by atoms with Crippen LogP contribution in [0.3, 0.4) is 0 Å². The van der Waals surface area contributed by atoms with Crippen molar-refractivity contribution in [3.63, 3.8) is 0 Å². The molecule has 154 valence electrons. The lowest BCUT2D eigenvalue weighted by Gasteiger charge is -2.27. The fraction of sp³-hybridized carbons (Fsp3) is 0.412. The van der Waals surface area contributed by atoms with Gasteiger partial charge in [0.25, 0.3) is 5.91 Å². The highest BCUT2D eigenvalue weighted by atomic mass is 19.1. The van der Waals surface area contributed by atoms with Gasteiger partial charge in [-0.2, -0.15) is 0 Å². The van der Waals surface area contributed by atoms with Crippen molar-refractivity contribution in [2.45, 2.75) is 13.0 Å². The topological polar surface area (TPSA) is 108 Å². The van der Waals surface area contributed by atoms with Gasteiger partial charge in [-0.25, -0.2) is 18.0 Å². The molecule has 2 atom stereocenters. The van der Waals surface area contributed by atoms with Gasteiger partial charge in [0.2, 0.25) is 0 Å². The molecular formula is C17H18F3NO7. The van der Waals surface area contributed by atoms with Crippen LogP contribution < -0.4 is 5.32 Å². The lowest BCUT2D eigenvalue weighted by molar-refractivity contribution is -0.163. The maximum absolute atomic E-state index is 13.8. The molecule has 0 radical (unpaired) electrons. The first-order valence-electron chi connectivity index (χ1n) is 7.77. The zero-order valence-corrected chi connectivity index (χ0v) is 15.4. The van der Waals surface area contributed by atoms with E-state index in [4.69, 9.17) is 0 Å². The van der Waals surface area contributed by atoms with E-state index in [1.165, 1.54) is 6.92 Å². The van der Waals surface area contributed by atoms with Gasteiger partial charge in [0.1, 0.15) is 29.1 Å². The van der Waals surface area contributed by atoms with Crippen LogP contribution in [0.15, 0.2) is 12.1 Å². The summed E-state index contributed by atoms with van der Waals surface area (Å²) >= 11 is 0. The maximum Gasteiger partial charge on any atom is 0.328 e. The summed E-state index contributed by atoms with van der Waals surface area (Å²) in [7, 11) is 2.93. The number of carbonyl (C=O) groups is 4. The van der Waals surface area contributed by atoms with E-state index in [1.54, 1.807) is 0 Å². The molecule has 0 bridgehead atoms. The molecule has 0 unspecified atom stereocenters. The Hall–Kier alpha value is -3.11. The van der Waals surface area contributed by atoms with Crippen LogP contribution in [0.2, 0.25) is 0 Å².